The third-order valence-electron chi connectivity index (χ3n) is 9.05. The van der Waals surface area contributed by atoms with Crippen molar-refractivity contribution in [2.45, 2.75) is 0 Å². The van der Waals surface area contributed by atoms with Crippen molar-refractivity contribution < 1.29 is 0 Å². The molecular formula is C40H26N4. The number of para-hydroxylation sites is 2. The van der Waals surface area contributed by atoms with Crippen LogP contribution in [0.2, 0.25) is 0 Å². The Labute approximate surface area is 253 Å². The van der Waals surface area contributed by atoms with E-state index in [4.69, 9.17) is 10.8 Å². The molecule has 4 heteroatoms. The van der Waals surface area contributed by atoms with E-state index < -0.39 is 0 Å². The zero-order valence-electron chi connectivity index (χ0n) is 23.8. The maximum absolute atomic E-state index is 8.53. The Morgan fingerprint density at radius 2 is 0.886 bits per heavy atom. The van der Waals surface area contributed by atoms with Crippen LogP contribution < -0.4 is 0 Å². The van der Waals surface area contributed by atoms with E-state index >= 15 is 0 Å². The standard InChI is InChI=1S/C40H26N4/c41-23-29-17-30(43-36-15-7-5-13-31(36)33-18-25-9-1-3-11-27(25)20-38(33)43)22-40(35(29)24-42)44-37-16-8-6-14-32(37)34-19-26-10-2-4-12-28(26)21-39(34)44/h1-24,41-42H. The molecular weight excluding hydrogens is 536 g/mol. The molecule has 0 amide bonds. The van der Waals surface area contributed by atoms with Gasteiger partial charge in [0.2, 0.25) is 0 Å². The molecule has 7 aromatic carbocycles. The number of hydrogen-bond donors (Lipinski definition) is 2. The molecule has 206 valence electrons. The van der Waals surface area contributed by atoms with Gasteiger partial charge < -0.3 is 20.0 Å². The van der Waals surface area contributed by atoms with E-state index in [1.165, 1.54) is 44.7 Å². The number of hydrogen-bond acceptors (Lipinski definition) is 2. The van der Waals surface area contributed by atoms with Gasteiger partial charge in [-0.25, -0.2) is 0 Å². The Balaban J connectivity index is 1.44. The van der Waals surface area contributed by atoms with Crippen LogP contribution in [0, 0.1) is 10.8 Å². The maximum atomic E-state index is 8.53. The summed E-state index contributed by atoms with van der Waals surface area (Å²) in [5, 5.41) is 26.4. The van der Waals surface area contributed by atoms with Gasteiger partial charge in [-0.05, 0) is 70.1 Å². The Morgan fingerprint density at radius 3 is 1.43 bits per heavy atom. The van der Waals surface area contributed by atoms with Crippen LogP contribution in [0.15, 0.2) is 133 Å². The monoisotopic (exact) mass is 562 g/mol. The van der Waals surface area contributed by atoms with Crippen molar-refractivity contribution in [1.82, 2.24) is 9.13 Å². The van der Waals surface area contributed by atoms with E-state index in [1.54, 1.807) is 0 Å². The molecule has 0 unspecified atom stereocenters. The molecule has 0 radical (unpaired) electrons. The third kappa shape index (κ3) is 3.39. The Morgan fingerprint density at radius 1 is 0.409 bits per heavy atom. The second-order valence-electron chi connectivity index (χ2n) is 11.4. The van der Waals surface area contributed by atoms with Crippen LogP contribution in [-0.2, 0) is 0 Å². The largest absolute Gasteiger partial charge is 0.309 e. The molecule has 9 aromatic rings. The summed E-state index contributed by atoms with van der Waals surface area (Å²) >= 11 is 0. The fourth-order valence-corrected chi connectivity index (χ4v) is 7.08. The predicted octanol–water partition coefficient (Wildman–Crippen LogP) is 10.2. The smallest absolute Gasteiger partial charge is 0.0577 e. The molecule has 0 fully saturated rings. The van der Waals surface area contributed by atoms with Crippen LogP contribution in [0.25, 0.3) is 76.5 Å². The summed E-state index contributed by atoms with van der Waals surface area (Å²) < 4.78 is 4.59. The van der Waals surface area contributed by atoms with E-state index in [1.807, 2.05) is 6.07 Å². The van der Waals surface area contributed by atoms with Gasteiger partial charge in [0.15, 0.2) is 0 Å². The van der Waals surface area contributed by atoms with Gasteiger partial charge in [0, 0.05) is 50.8 Å². The third-order valence-corrected chi connectivity index (χ3v) is 9.05. The van der Waals surface area contributed by atoms with E-state index in [0.717, 1.165) is 44.2 Å². The fraction of sp³-hybridized carbons (Fsp3) is 0. The van der Waals surface area contributed by atoms with Gasteiger partial charge >= 0.3 is 0 Å². The molecule has 9 rings (SSSR count). The van der Waals surface area contributed by atoms with E-state index in [0.29, 0.717) is 11.1 Å². The van der Waals surface area contributed by atoms with Crippen molar-refractivity contribution in [3.05, 3.63) is 145 Å². The number of aromatic nitrogens is 2. The first-order valence-electron chi connectivity index (χ1n) is 14.8. The SMILES string of the molecule is N=Cc1cc(-n2c3ccccc3c3cc4ccccc4cc32)cc(-n2c3ccccc3c3cc4ccccc4cc32)c1C=N. The molecule has 44 heavy (non-hydrogen) atoms. The summed E-state index contributed by atoms with van der Waals surface area (Å²) in [5.74, 6) is 0. The number of rotatable bonds is 4. The van der Waals surface area contributed by atoms with Crippen molar-refractivity contribution in [2.75, 3.05) is 0 Å². The average Bonchev–Trinajstić information content (AvgIpc) is 3.57. The van der Waals surface area contributed by atoms with E-state index in [-0.39, 0.29) is 0 Å². The van der Waals surface area contributed by atoms with Crippen LogP contribution in [0.1, 0.15) is 11.1 Å². The van der Waals surface area contributed by atoms with E-state index in [2.05, 4.69) is 137 Å². The first kappa shape index (κ1) is 24.6. The summed E-state index contributed by atoms with van der Waals surface area (Å²) in [6, 6.07) is 47.3. The number of fused-ring (bicyclic) bond motifs is 8. The summed E-state index contributed by atoms with van der Waals surface area (Å²) in [6.07, 6.45) is 2.76. The summed E-state index contributed by atoms with van der Waals surface area (Å²) in [6.45, 7) is 0. The molecule has 0 bridgehead atoms. The number of nitrogens with one attached hydrogen (secondary N) is 2. The molecule has 0 spiro atoms. The van der Waals surface area contributed by atoms with Crippen molar-refractivity contribution in [3.63, 3.8) is 0 Å². The van der Waals surface area contributed by atoms with E-state index in [9.17, 15) is 0 Å². The molecule has 0 aliphatic heterocycles. The van der Waals surface area contributed by atoms with Crippen molar-refractivity contribution in [1.29, 1.82) is 10.8 Å². The maximum Gasteiger partial charge on any atom is 0.0577 e. The van der Waals surface area contributed by atoms with Crippen LogP contribution >= 0.6 is 0 Å². The molecule has 0 atom stereocenters. The lowest BCUT2D eigenvalue weighted by molar-refractivity contribution is 1.13. The lowest BCUT2D eigenvalue weighted by atomic mass is 10.0. The van der Waals surface area contributed by atoms with Gasteiger partial charge in [0.25, 0.3) is 0 Å². The second kappa shape index (κ2) is 9.25. The highest BCUT2D eigenvalue weighted by molar-refractivity contribution is 6.16. The predicted molar refractivity (Wildman–Crippen MR) is 186 cm³/mol. The zero-order valence-corrected chi connectivity index (χ0v) is 23.8. The van der Waals surface area contributed by atoms with Crippen molar-refractivity contribution >= 4 is 77.6 Å². The summed E-state index contributed by atoms with van der Waals surface area (Å²) in [4.78, 5) is 0. The fourth-order valence-electron chi connectivity index (χ4n) is 7.08. The van der Waals surface area contributed by atoms with Gasteiger partial charge in [-0.3, -0.25) is 0 Å². The molecule has 0 saturated heterocycles. The molecule has 0 aliphatic rings. The molecule has 2 aromatic heterocycles. The molecule has 4 nitrogen and oxygen atoms in total. The van der Waals surface area contributed by atoms with Crippen molar-refractivity contribution in [2.24, 2.45) is 0 Å². The lowest BCUT2D eigenvalue weighted by Crippen LogP contribution is -2.06. The minimum atomic E-state index is 0.700. The van der Waals surface area contributed by atoms with Gasteiger partial charge in [0.05, 0.1) is 27.8 Å². The molecule has 0 saturated carbocycles. The van der Waals surface area contributed by atoms with Gasteiger partial charge in [-0.2, -0.15) is 0 Å². The van der Waals surface area contributed by atoms with Crippen LogP contribution in [0.4, 0.5) is 0 Å². The summed E-state index contributed by atoms with van der Waals surface area (Å²) in [5.41, 5.74) is 7.62. The topological polar surface area (TPSA) is 57.6 Å². The highest BCUT2D eigenvalue weighted by Gasteiger charge is 2.20. The van der Waals surface area contributed by atoms with Gasteiger partial charge in [-0.15, -0.1) is 0 Å². The van der Waals surface area contributed by atoms with Crippen LogP contribution in [-0.4, -0.2) is 21.6 Å². The Kier molecular flexibility index (Phi) is 5.17. The minimum absolute atomic E-state index is 0.700. The zero-order chi connectivity index (χ0) is 29.4. The highest BCUT2D eigenvalue weighted by Crippen LogP contribution is 2.39. The van der Waals surface area contributed by atoms with Crippen LogP contribution in [0.3, 0.4) is 0 Å². The van der Waals surface area contributed by atoms with Gasteiger partial charge in [-0.1, -0.05) is 84.9 Å². The normalized spacial score (nSPS) is 11.8. The van der Waals surface area contributed by atoms with Crippen molar-refractivity contribution in [3.8, 4) is 11.4 Å². The van der Waals surface area contributed by atoms with Gasteiger partial charge in [0.1, 0.15) is 0 Å². The first-order chi connectivity index (χ1) is 21.7. The molecule has 0 aliphatic carbocycles. The Hall–Kier alpha value is -6.00. The molecule has 2 N–H and O–H groups in total. The number of benzene rings is 7. The number of nitrogens with zero attached hydrogens (tertiary/aromatic N) is 2. The highest BCUT2D eigenvalue weighted by atomic mass is 15.0. The average molecular weight is 563 g/mol. The quantitative estimate of drug-likeness (QED) is 0.201. The Bertz CT molecular complexity index is 2650. The second-order valence-corrected chi connectivity index (χ2v) is 11.4. The lowest BCUT2D eigenvalue weighted by Gasteiger charge is -2.17. The summed E-state index contributed by atoms with van der Waals surface area (Å²) in [7, 11) is 0. The minimum Gasteiger partial charge on any atom is -0.309 e. The first-order valence-corrected chi connectivity index (χ1v) is 14.8. The van der Waals surface area contributed by atoms with Crippen LogP contribution in [0.5, 0.6) is 0 Å². The molecule has 2 heterocycles.